The van der Waals surface area contributed by atoms with Crippen molar-refractivity contribution in [2.75, 3.05) is 13.7 Å². The van der Waals surface area contributed by atoms with E-state index in [1.54, 1.807) is 26.0 Å². The van der Waals surface area contributed by atoms with Crippen molar-refractivity contribution in [1.82, 2.24) is 5.06 Å². The molecule has 50 heavy (non-hydrogen) atoms. The first kappa shape index (κ1) is 36.3. The lowest BCUT2D eigenvalue weighted by Crippen LogP contribution is -2.59. The molecule has 2 saturated heterocycles. The number of nitrogens with zero attached hydrogens (tertiary/aromatic N) is 3. The normalized spacial score (nSPS) is 35.8. The predicted octanol–water partition coefficient (Wildman–Crippen LogP) is 3.54. The number of allylic oxidation sites excluding steroid dienone is 2. The van der Waals surface area contributed by atoms with Crippen LogP contribution in [0.25, 0.3) is 0 Å². The third-order valence-electron chi connectivity index (χ3n) is 11.0. The summed E-state index contributed by atoms with van der Waals surface area (Å²) in [6, 6.07) is 4.59. The monoisotopic (exact) mass is 696 g/mol. The highest BCUT2D eigenvalue weighted by Crippen LogP contribution is 2.52. The zero-order chi connectivity index (χ0) is 36.7. The van der Waals surface area contributed by atoms with Gasteiger partial charge in [0, 0.05) is 71.1 Å². The van der Waals surface area contributed by atoms with E-state index in [1.807, 2.05) is 27.7 Å². The van der Waals surface area contributed by atoms with Crippen LogP contribution in [-0.4, -0.2) is 108 Å². The highest BCUT2D eigenvalue weighted by Gasteiger charge is 2.56. The minimum atomic E-state index is -1.79. The van der Waals surface area contributed by atoms with Gasteiger partial charge in [0.05, 0.1) is 49.0 Å². The molecule has 6 rings (SSSR count). The number of aliphatic hydroxyl groups is 4. The number of ketones is 2. The molecule has 0 spiro atoms. The van der Waals surface area contributed by atoms with Crippen LogP contribution in [0.15, 0.2) is 51.1 Å². The Morgan fingerprint density at radius 2 is 1.64 bits per heavy atom. The van der Waals surface area contributed by atoms with Crippen LogP contribution in [0.3, 0.4) is 0 Å². The van der Waals surface area contributed by atoms with E-state index in [0.717, 1.165) is 5.71 Å². The molecular formula is C36H48N4O10. The summed E-state index contributed by atoms with van der Waals surface area (Å²) in [5, 5.41) is 67.5. The number of rotatable bonds is 5. The van der Waals surface area contributed by atoms with Crippen molar-refractivity contribution in [3.8, 4) is 5.75 Å². The number of carbonyl (C=O) groups is 2. The Labute approximate surface area is 290 Å². The van der Waals surface area contributed by atoms with Gasteiger partial charge >= 0.3 is 0 Å². The van der Waals surface area contributed by atoms with Crippen LogP contribution in [0.4, 0.5) is 0 Å². The SMILES string of the molecule is COc1cccc2c1C(=O)C1C(O)=C3C(=C(O)C1C2=O)CC(O)(/C(C)=N/N=C1CC(C)(C)N(O)C(C)(C)C1)CC3OC1CC(C)(N)C(O)CO1. The van der Waals surface area contributed by atoms with Gasteiger partial charge in [0.2, 0.25) is 0 Å². The molecule has 7 atom stereocenters. The second-order valence-corrected chi connectivity index (χ2v) is 15.9. The molecule has 14 nitrogen and oxygen atoms in total. The van der Waals surface area contributed by atoms with E-state index in [0.29, 0.717) is 12.8 Å². The van der Waals surface area contributed by atoms with Crippen LogP contribution in [0, 0.1) is 11.8 Å². The smallest absolute Gasteiger partial charge is 0.179 e. The van der Waals surface area contributed by atoms with Crippen LogP contribution in [0.1, 0.15) is 94.4 Å². The van der Waals surface area contributed by atoms with Crippen molar-refractivity contribution in [2.24, 2.45) is 27.8 Å². The Morgan fingerprint density at radius 3 is 2.26 bits per heavy atom. The van der Waals surface area contributed by atoms with E-state index >= 15 is 0 Å². The molecule has 0 amide bonds. The Balaban J connectivity index is 1.43. The number of nitrogens with two attached hydrogens (primary N) is 1. The number of aliphatic hydroxyl groups excluding tert-OH is 3. The number of hydroxylamine groups is 2. The molecule has 0 bridgehead atoms. The first-order valence-corrected chi connectivity index (χ1v) is 16.9. The molecule has 7 unspecified atom stereocenters. The van der Waals surface area contributed by atoms with Gasteiger partial charge in [-0.05, 0) is 47.6 Å². The molecule has 0 radical (unpaired) electrons. The van der Waals surface area contributed by atoms with Gasteiger partial charge in [-0.25, -0.2) is 0 Å². The number of carbonyl (C=O) groups excluding carboxylic acids is 2. The lowest BCUT2D eigenvalue weighted by Gasteiger charge is -2.48. The minimum absolute atomic E-state index is 0.0124. The predicted molar refractivity (Wildman–Crippen MR) is 182 cm³/mol. The summed E-state index contributed by atoms with van der Waals surface area (Å²) in [6.07, 6.45) is -2.67. The quantitative estimate of drug-likeness (QED) is 0.193. The van der Waals surface area contributed by atoms with Gasteiger partial charge in [-0.15, -0.1) is 0 Å². The maximum atomic E-state index is 14.0. The van der Waals surface area contributed by atoms with Crippen molar-refractivity contribution in [1.29, 1.82) is 0 Å². The molecule has 272 valence electrons. The summed E-state index contributed by atoms with van der Waals surface area (Å²) < 4.78 is 17.5. The molecule has 0 aromatic heterocycles. The Hall–Kier alpha value is -3.50. The van der Waals surface area contributed by atoms with Crippen LogP contribution in [0.5, 0.6) is 5.75 Å². The molecule has 5 aliphatic rings. The maximum absolute atomic E-state index is 14.0. The molecule has 3 aliphatic carbocycles. The number of piperidine rings is 1. The van der Waals surface area contributed by atoms with Crippen molar-refractivity contribution < 1.29 is 49.4 Å². The number of ether oxygens (including phenoxy) is 3. The number of Topliss-reactive ketones (excluding diaryl/α,β-unsaturated/α-hetero) is 2. The van der Waals surface area contributed by atoms with Crippen molar-refractivity contribution in [2.45, 2.75) is 114 Å². The molecule has 3 fully saturated rings. The molecule has 14 heteroatoms. The van der Waals surface area contributed by atoms with E-state index in [4.69, 9.17) is 19.9 Å². The average molecular weight is 697 g/mol. The fourth-order valence-electron chi connectivity index (χ4n) is 8.26. The van der Waals surface area contributed by atoms with Crippen molar-refractivity contribution >= 4 is 23.0 Å². The molecular weight excluding hydrogens is 648 g/mol. The van der Waals surface area contributed by atoms with Crippen molar-refractivity contribution in [3.05, 3.63) is 52.0 Å². The Kier molecular flexibility index (Phi) is 8.95. The van der Waals surface area contributed by atoms with Crippen molar-refractivity contribution in [3.63, 3.8) is 0 Å². The van der Waals surface area contributed by atoms with E-state index in [2.05, 4.69) is 10.2 Å². The van der Waals surface area contributed by atoms with Crippen LogP contribution in [-0.2, 0) is 9.47 Å². The van der Waals surface area contributed by atoms with Gasteiger partial charge in [0.25, 0.3) is 0 Å². The zero-order valence-electron chi connectivity index (χ0n) is 29.6. The molecule has 1 aromatic carbocycles. The number of fused-ring (bicyclic) bond motifs is 3. The maximum Gasteiger partial charge on any atom is 0.179 e. The second kappa shape index (κ2) is 12.3. The molecule has 2 heterocycles. The second-order valence-electron chi connectivity index (χ2n) is 15.9. The Bertz CT molecular complexity index is 1720. The largest absolute Gasteiger partial charge is 0.511 e. The number of methoxy groups -OCH3 is 1. The van der Waals surface area contributed by atoms with Gasteiger partial charge < -0.3 is 45.6 Å². The van der Waals surface area contributed by atoms with Gasteiger partial charge in [0.15, 0.2) is 17.9 Å². The topological polar surface area (TPSA) is 217 Å². The number of benzene rings is 1. The van der Waals surface area contributed by atoms with Crippen LogP contribution in [0.2, 0.25) is 0 Å². The lowest BCUT2D eigenvalue weighted by atomic mass is 9.63. The first-order valence-electron chi connectivity index (χ1n) is 16.9. The van der Waals surface area contributed by atoms with Gasteiger partial charge in [-0.2, -0.15) is 15.3 Å². The van der Waals surface area contributed by atoms with Crippen LogP contribution < -0.4 is 10.5 Å². The number of hydrogen-bond acceptors (Lipinski definition) is 14. The summed E-state index contributed by atoms with van der Waals surface area (Å²) in [5.74, 6) is -4.82. The minimum Gasteiger partial charge on any atom is -0.511 e. The number of hydrogen-bond donors (Lipinski definition) is 6. The summed E-state index contributed by atoms with van der Waals surface area (Å²) in [5.41, 5.74) is 3.33. The molecule has 1 saturated carbocycles. The summed E-state index contributed by atoms with van der Waals surface area (Å²) in [6.45, 7) is 10.7. The molecule has 2 aliphatic heterocycles. The van der Waals surface area contributed by atoms with E-state index < -0.39 is 75.6 Å². The average Bonchev–Trinajstić information content (AvgIpc) is 3.03. The van der Waals surface area contributed by atoms with Crippen LogP contribution >= 0.6 is 0 Å². The van der Waals surface area contributed by atoms with Gasteiger partial charge in [-0.1, -0.05) is 12.1 Å². The lowest BCUT2D eigenvalue weighted by molar-refractivity contribution is -0.226. The van der Waals surface area contributed by atoms with Gasteiger partial charge in [-0.3, -0.25) is 9.59 Å². The summed E-state index contributed by atoms with van der Waals surface area (Å²) in [7, 11) is 1.37. The fraction of sp³-hybridized carbons (Fsp3) is 0.611. The first-order chi connectivity index (χ1) is 23.2. The Morgan fingerprint density at radius 1 is 1.00 bits per heavy atom. The fourth-order valence-corrected chi connectivity index (χ4v) is 8.26. The molecule has 7 N–H and O–H groups in total. The molecule has 1 aromatic rings. The third kappa shape index (κ3) is 5.90. The highest BCUT2D eigenvalue weighted by atomic mass is 16.7. The third-order valence-corrected chi connectivity index (χ3v) is 11.0. The highest BCUT2D eigenvalue weighted by molar-refractivity contribution is 6.19. The summed E-state index contributed by atoms with van der Waals surface area (Å²) >= 11 is 0. The van der Waals surface area contributed by atoms with E-state index in [1.165, 1.54) is 18.2 Å². The standard InChI is InChI=1S/C36H48N4O10/c1-17(38-39-18-11-33(2,3)40(47)34(4,5)12-18)36(46)13-20-26(22(14-36)50-24-15-35(6,37)23(41)16-49-24)32(45)28-27(30(20)43)29(42)19-9-8-10-21(48-7)25(19)31(28)44/h8-10,22-24,27-28,41,43,45-47H,11-16,37H2,1-7H3/b38-17+. The van der Waals surface area contributed by atoms with E-state index in [-0.39, 0.29) is 59.6 Å². The van der Waals surface area contributed by atoms with Gasteiger partial charge in [0.1, 0.15) is 22.9 Å². The summed E-state index contributed by atoms with van der Waals surface area (Å²) in [4.78, 5) is 28.0. The zero-order valence-corrected chi connectivity index (χ0v) is 29.6. The van der Waals surface area contributed by atoms with E-state index in [9.17, 15) is 35.2 Å².